The average Bonchev–Trinajstić information content (AvgIpc) is 2.99. The van der Waals surface area contributed by atoms with Gasteiger partial charge < -0.3 is 11.1 Å². The van der Waals surface area contributed by atoms with Crippen molar-refractivity contribution in [2.45, 2.75) is 38.6 Å². The van der Waals surface area contributed by atoms with E-state index in [1.807, 2.05) is 6.92 Å². The van der Waals surface area contributed by atoms with E-state index >= 15 is 0 Å². The summed E-state index contributed by atoms with van der Waals surface area (Å²) in [6, 6.07) is 0. The molecule has 1 heterocycles. The zero-order valence-corrected chi connectivity index (χ0v) is 10.9. The SMILES string of the molecule is Cc1csc(CCNCC(C)(N)C2CC2)n1. The maximum Gasteiger partial charge on any atom is 0.0940 e. The van der Waals surface area contributed by atoms with Crippen LogP contribution in [0.5, 0.6) is 0 Å². The van der Waals surface area contributed by atoms with Crippen LogP contribution in [0.2, 0.25) is 0 Å². The number of thiazole rings is 1. The lowest BCUT2D eigenvalue weighted by atomic mass is 9.97. The molecule has 1 aliphatic rings. The molecular weight excluding hydrogens is 218 g/mol. The van der Waals surface area contributed by atoms with Gasteiger partial charge in [0.25, 0.3) is 0 Å². The van der Waals surface area contributed by atoms with Gasteiger partial charge in [0.15, 0.2) is 0 Å². The second-order valence-electron chi connectivity index (χ2n) is 5.09. The first-order valence-electron chi connectivity index (χ1n) is 5.98. The molecule has 1 atom stereocenters. The molecule has 16 heavy (non-hydrogen) atoms. The fourth-order valence-corrected chi connectivity index (χ4v) is 2.73. The zero-order chi connectivity index (χ0) is 11.6. The summed E-state index contributed by atoms with van der Waals surface area (Å²) in [5.41, 5.74) is 7.34. The third kappa shape index (κ3) is 3.27. The van der Waals surface area contributed by atoms with Crippen molar-refractivity contribution in [3.05, 3.63) is 16.1 Å². The number of hydrogen-bond acceptors (Lipinski definition) is 4. The Morgan fingerprint density at radius 3 is 2.94 bits per heavy atom. The van der Waals surface area contributed by atoms with E-state index in [0.717, 1.165) is 31.1 Å². The number of aromatic nitrogens is 1. The zero-order valence-electron chi connectivity index (χ0n) is 10.1. The van der Waals surface area contributed by atoms with Gasteiger partial charge in [0, 0.05) is 36.1 Å². The number of hydrogen-bond donors (Lipinski definition) is 2. The van der Waals surface area contributed by atoms with Crippen molar-refractivity contribution >= 4 is 11.3 Å². The van der Waals surface area contributed by atoms with Crippen molar-refractivity contribution in [3.63, 3.8) is 0 Å². The molecule has 90 valence electrons. The Morgan fingerprint density at radius 1 is 1.62 bits per heavy atom. The van der Waals surface area contributed by atoms with Crippen molar-refractivity contribution in [2.24, 2.45) is 11.7 Å². The maximum absolute atomic E-state index is 6.23. The van der Waals surface area contributed by atoms with Crippen LogP contribution in [-0.4, -0.2) is 23.6 Å². The highest BCUT2D eigenvalue weighted by molar-refractivity contribution is 7.09. The third-order valence-corrected chi connectivity index (χ3v) is 4.22. The van der Waals surface area contributed by atoms with Crippen LogP contribution in [0.1, 0.15) is 30.5 Å². The van der Waals surface area contributed by atoms with Gasteiger partial charge in [0.05, 0.1) is 5.01 Å². The predicted octanol–water partition coefficient (Wildman–Crippen LogP) is 1.71. The Labute approximate surface area is 101 Å². The molecular formula is C12H21N3S. The largest absolute Gasteiger partial charge is 0.324 e. The van der Waals surface area contributed by atoms with Crippen LogP contribution in [0, 0.1) is 12.8 Å². The summed E-state index contributed by atoms with van der Waals surface area (Å²) in [5, 5.41) is 6.77. The minimum atomic E-state index is -0.0151. The Morgan fingerprint density at radius 2 is 2.38 bits per heavy atom. The van der Waals surface area contributed by atoms with Crippen molar-refractivity contribution in [3.8, 4) is 0 Å². The minimum Gasteiger partial charge on any atom is -0.324 e. The van der Waals surface area contributed by atoms with Crippen LogP contribution < -0.4 is 11.1 Å². The summed E-state index contributed by atoms with van der Waals surface area (Å²) in [6.07, 6.45) is 3.62. The van der Waals surface area contributed by atoms with Gasteiger partial charge in [0.2, 0.25) is 0 Å². The average molecular weight is 239 g/mol. The maximum atomic E-state index is 6.23. The second-order valence-corrected chi connectivity index (χ2v) is 6.03. The fraction of sp³-hybridized carbons (Fsp3) is 0.750. The topological polar surface area (TPSA) is 50.9 Å². The lowest BCUT2D eigenvalue weighted by molar-refractivity contribution is 0.382. The Hall–Kier alpha value is -0.450. The summed E-state index contributed by atoms with van der Waals surface area (Å²) in [6.45, 7) is 6.09. The molecule has 1 fully saturated rings. The van der Waals surface area contributed by atoms with Crippen molar-refractivity contribution < 1.29 is 0 Å². The predicted molar refractivity (Wildman–Crippen MR) is 68.7 cm³/mol. The van der Waals surface area contributed by atoms with Crippen LogP contribution >= 0.6 is 11.3 Å². The van der Waals surface area contributed by atoms with E-state index < -0.39 is 0 Å². The van der Waals surface area contributed by atoms with Crippen LogP contribution in [0.25, 0.3) is 0 Å². The highest BCUT2D eigenvalue weighted by atomic mass is 32.1. The van der Waals surface area contributed by atoms with Gasteiger partial charge in [-0.25, -0.2) is 4.98 Å². The van der Waals surface area contributed by atoms with Crippen molar-refractivity contribution in [1.82, 2.24) is 10.3 Å². The molecule has 0 radical (unpaired) electrons. The molecule has 1 aromatic heterocycles. The van der Waals surface area contributed by atoms with Gasteiger partial charge in [-0.05, 0) is 32.6 Å². The van der Waals surface area contributed by atoms with Gasteiger partial charge in [-0.15, -0.1) is 11.3 Å². The van der Waals surface area contributed by atoms with E-state index in [4.69, 9.17) is 5.73 Å². The van der Waals surface area contributed by atoms with Crippen molar-refractivity contribution in [2.75, 3.05) is 13.1 Å². The number of aryl methyl sites for hydroxylation is 1. The van der Waals surface area contributed by atoms with Gasteiger partial charge in [0.1, 0.15) is 0 Å². The van der Waals surface area contributed by atoms with Crippen molar-refractivity contribution in [1.29, 1.82) is 0 Å². The number of nitrogens with one attached hydrogen (secondary N) is 1. The first kappa shape index (κ1) is 12.0. The monoisotopic (exact) mass is 239 g/mol. The standard InChI is InChI=1S/C12H21N3S/c1-9-7-16-11(15-9)5-6-14-8-12(2,13)10-3-4-10/h7,10,14H,3-6,8,13H2,1-2H3. The molecule has 0 saturated heterocycles. The van der Waals surface area contributed by atoms with Crippen LogP contribution in [0.3, 0.4) is 0 Å². The highest BCUT2D eigenvalue weighted by Crippen LogP contribution is 2.37. The highest BCUT2D eigenvalue weighted by Gasteiger charge is 2.37. The van der Waals surface area contributed by atoms with Crippen LogP contribution in [-0.2, 0) is 6.42 Å². The molecule has 1 aromatic rings. The molecule has 0 spiro atoms. The van der Waals surface area contributed by atoms with E-state index in [-0.39, 0.29) is 5.54 Å². The molecule has 1 unspecified atom stereocenters. The molecule has 3 nitrogen and oxygen atoms in total. The molecule has 1 aliphatic carbocycles. The second kappa shape index (κ2) is 4.82. The quantitative estimate of drug-likeness (QED) is 0.743. The molecule has 1 saturated carbocycles. The van der Waals surface area contributed by atoms with E-state index in [9.17, 15) is 0 Å². The molecule has 3 N–H and O–H groups in total. The van der Waals surface area contributed by atoms with E-state index in [1.165, 1.54) is 17.8 Å². The lowest BCUT2D eigenvalue weighted by Gasteiger charge is -2.24. The molecule has 0 aliphatic heterocycles. The summed E-state index contributed by atoms with van der Waals surface area (Å²) in [4.78, 5) is 4.44. The molecule has 0 amide bonds. The third-order valence-electron chi connectivity index (χ3n) is 3.20. The normalized spacial score (nSPS) is 19.7. The summed E-state index contributed by atoms with van der Waals surface area (Å²) >= 11 is 1.74. The first-order valence-corrected chi connectivity index (χ1v) is 6.86. The van der Waals surface area contributed by atoms with Gasteiger partial charge >= 0.3 is 0 Å². The molecule has 4 heteroatoms. The minimum absolute atomic E-state index is 0.0151. The van der Waals surface area contributed by atoms with E-state index in [0.29, 0.717) is 0 Å². The molecule has 0 bridgehead atoms. The van der Waals surface area contributed by atoms with E-state index in [2.05, 4.69) is 22.6 Å². The number of nitrogens with zero attached hydrogens (tertiary/aromatic N) is 1. The van der Waals surface area contributed by atoms with Crippen LogP contribution in [0.4, 0.5) is 0 Å². The molecule has 2 rings (SSSR count). The van der Waals surface area contributed by atoms with Gasteiger partial charge in [-0.1, -0.05) is 0 Å². The number of nitrogens with two attached hydrogens (primary N) is 1. The summed E-state index contributed by atoms with van der Waals surface area (Å²) in [7, 11) is 0. The number of rotatable bonds is 6. The summed E-state index contributed by atoms with van der Waals surface area (Å²) in [5.74, 6) is 0.738. The van der Waals surface area contributed by atoms with E-state index in [1.54, 1.807) is 11.3 Å². The Kier molecular flexibility index (Phi) is 3.62. The Bertz CT molecular complexity index is 342. The Balaban J connectivity index is 1.65. The van der Waals surface area contributed by atoms with Crippen LogP contribution in [0.15, 0.2) is 5.38 Å². The first-order chi connectivity index (χ1) is 7.58. The lowest BCUT2D eigenvalue weighted by Crippen LogP contribution is -2.48. The molecule has 0 aromatic carbocycles. The smallest absolute Gasteiger partial charge is 0.0940 e. The summed E-state index contributed by atoms with van der Waals surface area (Å²) < 4.78 is 0. The van der Waals surface area contributed by atoms with Gasteiger partial charge in [-0.2, -0.15) is 0 Å². The van der Waals surface area contributed by atoms with Gasteiger partial charge in [-0.3, -0.25) is 0 Å². The fourth-order valence-electron chi connectivity index (χ4n) is 1.96.